The van der Waals surface area contributed by atoms with Gasteiger partial charge in [0.05, 0.1) is 11.0 Å². The first kappa shape index (κ1) is 68.3. The number of benzene rings is 3. The number of alkyl halides is 2. The molecule has 5 atom stereocenters. The molecule has 2 fully saturated rings. The molecule has 7 N–H and O–H groups in total. The first-order valence-electron chi connectivity index (χ1n) is 29.7. The van der Waals surface area contributed by atoms with E-state index in [0.717, 1.165) is 89.7 Å². The van der Waals surface area contributed by atoms with Gasteiger partial charge in [0.2, 0.25) is 35.4 Å². The van der Waals surface area contributed by atoms with E-state index in [1.165, 1.54) is 32.4 Å². The van der Waals surface area contributed by atoms with Gasteiger partial charge >= 0.3 is 13.3 Å². The number of hydrogen-bond donors (Lipinski definition) is 7. The third-order valence-corrected chi connectivity index (χ3v) is 18.7. The van der Waals surface area contributed by atoms with Crippen molar-refractivity contribution < 1.29 is 61.8 Å². The number of likely N-dealkylation sites (tertiary alicyclic amines) is 2. The van der Waals surface area contributed by atoms with Crippen LogP contribution in [0, 0.1) is 10.8 Å². The summed E-state index contributed by atoms with van der Waals surface area (Å²) < 4.78 is 41.8. The number of nitrogens with one attached hydrogen (secondary N) is 4. The van der Waals surface area contributed by atoms with Crippen LogP contribution in [0.5, 0.6) is 0 Å². The molecule has 2 saturated heterocycles. The first-order chi connectivity index (χ1) is 40.9. The molecule has 0 bridgehead atoms. The normalized spacial score (nSPS) is 18.0. The highest BCUT2D eigenvalue weighted by molar-refractivity contribution is 9.10. The highest BCUT2D eigenvalue weighted by Gasteiger charge is 2.51. The number of allylic oxidation sites excluding steroid dienone is 2. The Balaban J connectivity index is 0.825. The van der Waals surface area contributed by atoms with E-state index in [4.69, 9.17) is 0 Å². The molecule has 3 aromatic carbocycles. The highest BCUT2D eigenvalue weighted by Crippen LogP contribution is 2.59. The van der Waals surface area contributed by atoms with E-state index in [1.54, 1.807) is 45.0 Å². The Bertz CT molecular complexity index is 3270. The predicted molar refractivity (Wildman–Crippen MR) is 336 cm³/mol. The lowest BCUT2D eigenvalue weighted by Crippen LogP contribution is -2.58. The van der Waals surface area contributed by atoms with Crippen LogP contribution in [0.3, 0.4) is 0 Å². The zero-order valence-electron chi connectivity index (χ0n) is 50.5. The highest BCUT2D eigenvalue weighted by atomic mass is 79.9. The molecule has 19 nitrogen and oxygen atoms in total. The molecule has 1 aromatic heterocycles. The number of fused-ring (bicyclic) bond motifs is 1. The third-order valence-electron chi connectivity index (χ3n) is 16.1. The second-order valence-electron chi connectivity index (χ2n) is 25.0. The molecule has 4 heterocycles. The van der Waals surface area contributed by atoms with E-state index < -0.39 is 77.6 Å². The number of anilines is 1. The van der Waals surface area contributed by atoms with E-state index >= 15 is 0 Å². The topological polar surface area (TPSA) is 267 Å². The van der Waals surface area contributed by atoms with Gasteiger partial charge in [-0.3, -0.25) is 43.1 Å². The Morgan fingerprint density at radius 1 is 0.782 bits per heavy atom. The van der Waals surface area contributed by atoms with Crippen molar-refractivity contribution in [3.63, 3.8) is 0 Å². The lowest BCUT2D eigenvalue weighted by Gasteiger charge is -2.36. The van der Waals surface area contributed by atoms with Gasteiger partial charge < -0.3 is 50.9 Å². The minimum atomic E-state index is -5.84. The summed E-state index contributed by atoms with van der Waals surface area (Å²) in [7, 11) is -5.84. The van der Waals surface area contributed by atoms with E-state index in [-0.39, 0.29) is 79.3 Å². The summed E-state index contributed by atoms with van der Waals surface area (Å²) in [5.41, 5.74) is -2.24. The summed E-state index contributed by atoms with van der Waals surface area (Å²) >= 11 is 4.40. The number of carbonyl (C=O) groups is 7. The quantitative estimate of drug-likeness (QED) is 0.0230. The van der Waals surface area contributed by atoms with Crippen molar-refractivity contribution in [1.82, 2.24) is 31.1 Å². The van der Waals surface area contributed by atoms with E-state index in [9.17, 15) is 61.8 Å². The average molecular weight is 1310 g/mol. The maximum Gasteiger partial charge on any atom is 0.399 e. The SMILES string of the molecule is CC1=C(c2ccc(CNC(=O)[C@@H]3C[C@@H](O)CN3C(=O)C(NC(=O)CCCCCCCCCNC(=O)CCN(C(=O)C3CCCN3C(=O)C(NC(=O)c3cc4cc(C(F)(F)P(=O)(O)O)ccc4s3)C(C)(C)C)c3ccc(Br)cc3)C(C)(C)C)cc2)CC=N1. The molecule has 0 aliphatic carbocycles. The number of rotatable bonds is 26. The maximum atomic E-state index is 14.6. The van der Waals surface area contributed by atoms with Crippen LogP contribution >= 0.6 is 34.9 Å². The molecule has 0 spiro atoms. The molecular weight excluding hydrogens is 1230 g/mol. The maximum absolute atomic E-state index is 14.6. The number of amides is 7. The second-order valence-corrected chi connectivity index (χ2v) is 28.6. The summed E-state index contributed by atoms with van der Waals surface area (Å²) in [6.45, 7) is 13.8. The second kappa shape index (κ2) is 29.4. The van der Waals surface area contributed by atoms with Gasteiger partial charge in [-0.25, -0.2) is 0 Å². The van der Waals surface area contributed by atoms with Crippen molar-refractivity contribution in [2.75, 3.05) is 31.1 Å². The number of hydrogen-bond acceptors (Lipinski definition) is 11. The summed E-state index contributed by atoms with van der Waals surface area (Å²) in [5.74, 6) is -2.84. The fraction of sp³-hybridized carbons (Fsp3) is 0.524. The number of β-amino-alcohol motifs (C(OH)–C–C–N with tert-alkyl or cyclic N) is 1. The van der Waals surface area contributed by atoms with E-state index in [2.05, 4.69) is 42.2 Å². The molecule has 0 saturated carbocycles. The van der Waals surface area contributed by atoms with Gasteiger partial charge in [0, 0.05) is 90.7 Å². The molecule has 3 aliphatic rings. The standard InChI is InChI=1S/C63H82BrF2N8O11PS/c1-39-47(28-31-67-39)41-20-18-40(19-21-41)37-69-56(78)49-36-46(75)38-74(49)60(82)54(61(2,3)4)70-53(77)17-13-11-9-8-10-12-14-30-68-52(76)29-33-72(45-25-23-44(64)24-26-45)58(80)48-16-15-32-73(48)59(81)55(62(5,6)7)71-57(79)51-35-42-34-43(22-27-50(42)87-51)63(65,66)86(83,84)85/h18-27,31,34-35,46,48-49,54-55,75H,8-17,28-30,32-33,36-38H2,1-7H3,(H,68,76)(H,69,78)(H,70,77)(H,71,79)(H2,83,84,85)/t46-,48?,49+,54?,55?/m1/s1. The fourth-order valence-electron chi connectivity index (χ4n) is 11.1. The van der Waals surface area contributed by atoms with Crippen LogP contribution in [-0.4, -0.2) is 129 Å². The van der Waals surface area contributed by atoms with Crippen LogP contribution in [0.25, 0.3) is 15.7 Å². The van der Waals surface area contributed by atoms with Crippen molar-refractivity contribution in [3.8, 4) is 0 Å². The number of carbonyl (C=O) groups excluding carboxylic acids is 7. The van der Waals surface area contributed by atoms with Crippen LogP contribution in [0.2, 0.25) is 0 Å². The van der Waals surface area contributed by atoms with Crippen LogP contribution in [0.4, 0.5) is 14.5 Å². The molecule has 24 heteroatoms. The van der Waals surface area contributed by atoms with Crippen molar-refractivity contribution in [2.45, 2.75) is 174 Å². The van der Waals surface area contributed by atoms with Crippen molar-refractivity contribution in [1.29, 1.82) is 0 Å². The average Bonchev–Trinajstić information content (AvgIpc) is 1.85. The number of halogens is 3. The molecule has 7 rings (SSSR count). The van der Waals surface area contributed by atoms with Gasteiger partial charge in [0.1, 0.15) is 24.2 Å². The Labute approximate surface area is 519 Å². The van der Waals surface area contributed by atoms with Gasteiger partial charge in [-0.2, -0.15) is 8.78 Å². The Morgan fingerprint density at radius 3 is 2.05 bits per heavy atom. The summed E-state index contributed by atoms with van der Waals surface area (Å²) in [6, 6.07) is 15.5. The molecule has 3 aliphatic heterocycles. The van der Waals surface area contributed by atoms with E-state index in [1.807, 2.05) is 58.2 Å². The molecule has 472 valence electrons. The Morgan fingerprint density at radius 2 is 1.41 bits per heavy atom. The summed E-state index contributed by atoms with van der Waals surface area (Å²) in [4.78, 5) is 124. The van der Waals surface area contributed by atoms with Crippen molar-refractivity contribution >= 4 is 104 Å². The van der Waals surface area contributed by atoms with Crippen LogP contribution < -0.4 is 26.2 Å². The van der Waals surface area contributed by atoms with Gasteiger partial charge in [-0.1, -0.05) is 120 Å². The number of thiophene rings is 1. The minimum absolute atomic E-state index is 0.0124. The molecule has 0 radical (unpaired) electrons. The smallest absolute Gasteiger partial charge is 0.391 e. The van der Waals surface area contributed by atoms with Gasteiger partial charge in [-0.15, -0.1) is 11.3 Å². The van der Waals surface area contributed by atoms with Crippen LogP contribution in [0.1, 0.15) is 158 Å². The van der Waals surface area contributed by atoms with Gasteiger partial charge in [0.15, 0.2) is 0 Å². The molecule has 4 aromatic rings. The first-order valence-corrected chi connectivity index (χ1v) is 33.0. The van der Waals surface area contributed by atoms with Gasteiger partial charge in [0.25, 0.3) is 5.91 Å². The number of aliphatic hydroxyl groups excluding tert-OH is 1. The Hall–Kier alpha value is -6.23. The number of nitrogens with zero attached hydrogens (tertiary/aromatic N) is 4. The number of aliphatic imine (C=N–C) groups is 1. The molecular formula is C63H82BrF2N8O11PS. The zero-order chi connectivity index (χ0) is 63.6. The Kier molecular flexibility index (Phi) is 23.1. The zero-order valence-corrected chi connectivity index (χ0v) is 53.8. The lowest BCUT2D eigenvalue weighted by molar-refractivity contribution is -0.144. The fourth-order valence-corrected chi connectivity index (χ4v) is 12.8. The molecule has 7 amide bonds. The number of aliphatic hydroxyl groups is 1. The monoisotopic (exact) mass is 1310 g/mol. The lowest BCUT2D eigenvalue weighted by atomic mass is 9.85. The van der Waals surface area contributed by atoms with Crippen LogP contribution in [-0.2, 0) is 45.5 Å². The molecule has 3 unspecified atom stereocenters. The summed E-state index contributed by atoms with van der Waals surface area (Å²) in [5, 5.41) is 22.5. The largest absolute Gasteiger partial charge is 0.399 e. The summed E-state index contributed by atoms with van der Waals surface area (Å²) in [6.07, 6.45) is 8.70. The van der Waals surface area contributed by atoms with E-state index in [0.29, 0.717) is 36.2 Å². The van der Waals surface area contributed by atoms with Crippen molar-refractivity contribution in [2.24, 2.45) is 15.8 Å². The minimum Gasteiger partial charge on any atom is -0.391 e. The van der Waals surface area contributed by atoms with Crippen molar-refractivity contribution in [3.05, 3.63) is 105 Å². The predicted octanol–water partition coefficient (Wildman–Crippen LogP) is 9.70. The third kappa shape index (κ3) is 17.8. The van der Waals surface area contributed by atoms with Crippen LogP contribution in [0.15, 0.2) is 88.0 Å². The molecule has 87 heavy (non-hydrogen) atoms. The number of unbranched alkanes of at least 4 members (excludes halogenated alkanes) is 6. The van der Waals surface area contributed by atoms with Gasteiger partial charge in [-0.05, 0) is 108 Å².